The van der Waals surface area contributed by atoms with Gasteiger partial charge in [0.1, 0.15) is 6.04 Å². The number of carbonyl (C=O) groups is 2. The van der Waals surface area contributed by atoms with E-state index in [1.807, 2.05) is 26.0 Å². The number of rotatable bonds is 1. The molecule has 1 aromatic heterocycles. The number of imide groups is 1. The van der Waals surface area contributed by atoms with Gasteiger partial charge >= 0.3 is 0 Å². The number of hydrogen-bond donors (Lipinski definition) is 1. The third-order valence-electron chi connectivity index (χ3n) is 3.01. The number of piperidine rings is 1. The molecule has 1 saturated heterocycles. The van der Waals surface area contributed by atoms with Crippen LogP contribution in [0.2, 0.25) is 0 Å². The molecule has 1 unspecified atom stereocenters. The van der Waals surface area contributed by atoms with Gasteiger partial charge in [0.05, 0.1) is 10.1 Å². The van der Waals surface area contributed by atoms with E-state index in [4.69, 9.17) is 0 Å². The Morgan fingerprint density at radius 3 is 2.41 bits per heavy atom. The standard InChI is InChI=1S/C12H10N2O3S.C2H6.C2H4/c15-10-6-5-8(11(16)13-10)14-12(17)7-3-1-2-4-9(7)18-14;2*1-2/h1-4,8H,5-6H2,(H,13,15,16);1-2H3;1-2H2. The van der Waals surface area contributed by atoms with Crippen LogP contribution in [-0.2, 0) is 9.59 Å². The molecule has 3 rings (SSSR count). The number of carbonyl (C=O) groups excluding carboxylic acids is 2. The molecule has 5 nitrogen and oxygen atoms in total. The molecule has 1 aromatic carbocycles. The van der Waals surface area contributed by atoms with E-state index in [-0.39, 0.29) is 23.8 Å². The maximum Gasteiger partial charge on any atom is 0.269 e. The fourth-order valence-corrected chi connectivity index (χ4v) is 3.21. The average molecular weight is 320 g/mol. The first kappa shape index (κ1) is 17.8. The third kappa shape index (κ3) is 3.51. The average Bonchev–Trinajstić information content (AvgIpc) is 2.89. The smallest absolute Gasteiger partial charge is 0.269 e. The number of aromatic nitrogens is 1. The monoisotopic (exact) mass is 320 g/mol. The van der Waals surface area contributed by atoms with E-state index in [0.29, 0.717) is 11.8 Å². The quantitative estimate of drug-likeness (QED) is 0.649. The summed E-state index contributed by atoms with van der Waals surface area (Å²) < 4.78 is 2.32. The zero-order chi connectivity index (χ0) is 16.7. The van der Waals surface area contributed by atoms with E-state index in [0.717, 1.165) is 4.70 Å². The highest BCUT2D eigenvalue weighted by molar-refractivity contribution is 7.14. The third-order valence-corrected chi connectivity index (χ3v) is 4.18. The summed E-state index contributed by atoms with van der Waals surface area (Å²) in [4.78, 5) is 35.0. The number of amides is 2. The SMILES string of the molecule is C=C.CC.O=C1CCC(n2sc3ccccc3c2=O)C(=O)N1. The number of nitrogens with zero attached hydrogens (tertiary/aromatic N) is 1. The van der Waals surface area contributed by atoms with Crippen molar-refractivity contribution in [1.82, 2.24) is 9.27 Å². The fourth-order valence-electron chi connectivity index (χ4n) is 2.10. The molecule has 1 atom stereocenters. The summed E-state index contributed by atoms with van der Waals surface area (Å²) in [5.41, 5.74) is -0.162. The van der Waals surface area contributed by atoms with E-state index in [1.165, 1.54) is 15.5 Å². The highest BCUT2D eigenvalue weighted by atomic mass is 32.1. The van der Waals surface area contributed by atoms with Crippen molar-refractivity contribution in [3.63, 3.8) is 0 Å². The molecule has 6 heteroatoms. The van der Waals surface area contributed by atoms with E-state index in [1.54, 1.807) is 12.1 Å². The Morgan fingerprint density at radius 2 is 1.82 bits per heavy atom. The van der Waals surface area contributed by atoms with Gasteiger partial charge in [0.25, 0.3) is 11.5 Å². The first-order valence-electron chi connectivity index (χ1n) is 7.11. The number of benzene rings is 1. The van der Waals surface area contributed by atoms with Gasteiger partial charge in [-0.2, -0.15) is 0 Å². The Hall–Kier alpha value is -2.21. The molecule has 1 aliphatic rings. The van der Waals surface area contributed by atoms with Gasteiger partial charge in [0, 0.05) is 6.42 Å². The lowest BCUT2D eigenvalue weighted by atomic mass is 10.1. The molecule has 1 N–H and O–H groups in total. The Morgan fingerprint density at radius 1 is 1.18 bits per heavy atom. The lowest BCUT2D eigenvalue weighted by molar-refractivity contribution is -0.135. The molecule has 118 valence electrons. The molecule has 0 spiro atoms. The van der Waals surface area contributed by atoms with Crippen LogP contribution in [0.25, 0.3) is 10.1 Å². The maximum atomic E-state index is 12.2. The van der Waals surface area contributed by atoms with E-state index >= 15 is 0 Å². The molecule has 1 fully saturated rings. The topological polar surface area (TPSA) is 68.2 Å². The van der Waals surface area contributed by atoms with Crippen molar-refractivity contribution in [2.45, 2.75) is 32.7 Å². The Balaban J connectivity index is 0.000000561. The minimum atomic E-state index is -0.562. The van der Waals surface area contributed by atoms with Crippen molar-refractivity contribution < 1.29 is 9.59 Å². The molecular formula is C16H20N2O3S. The molecule has 2 aromatic rings. The van der Waals surface area contributed by atoms with Crippen molar-refractivity contribution in [1.29, 1.82) is 0 Å². The summed E-state index contributed by atoms with van der Waals surface area (Å²) in [6.07, 6.45) is 0.661. The van der Waals surface area contributed by atoms with E-state index in [2.05, 4.69) is 18.5 Å². The summed E-state index contributed by atoms with van der Waals surface area (Å²) in [7, 11) is 0. The first-order valence-corrected chi connectivity index (χ1v) is 7.88. The first-order chi connectivity index (χ1) is 10.7. The molecule has 1 aliphatic heterocycles. The van der Waals surface area contributed by atoms with Crippen LogP contribution < -0.4 is 10.9 Å². The van der Waals surface area contributed by atoms with Crippen molar-refractivity contribution >= 4 is 33.4 Å². The summed E-state index contributed by atoms with van der Waals surface area (Å²) in [6, 6.07) is 6.69. The lowest BCUT2D eigenvalue weighted by Gasteiger charge is -2.20. The van der Waals surface area contributed by atoms with Gasteiger partial charge in [-0.1, -0.05) is 37.5 Å². The summed E-state index contributed by atoms with van der Waals surface area (Å²) in [5.74, 6) is -0.662. The van der Waals surface area contributed by atoms with Gasteiger partial charge in [-0.05, 0) is 18.6 Å². The Labute approximate surface area is 133 Å². The van der Waals surface area contributed by atoms with Crippen molar-refractivity contribution in [2.75, 3.05) is 0 Å². The molecule has 0 saturated carbocycles. The van der Waals surface area contributed by atoms with Crippen LogP contribution in [0.15, 0.2) is 42.2 Å². The molecular weight excluding hydrogens is 300 g/mol. The minimum absolute atomic E-state index is 0.162. The van der Waals surface area contributed by atoms with Gasteiger partial charge in [0.2, 0.25) is 5.91 Å². The number of nitrogens with one attached hydrogen (secondary N) is 1. The number of hydrogen-bond acceptors (Lipinski definition) is 4. The summed E-state index contributed by atoms with van der Waals surface area (Å²) in [6.45, 7) is 10.0. The zero-order valence-electron chi connectivity index (χ0n) is 12.8. The van der Waals surface area contributed by atoms with E-state index in [9.17, 15) is 14.4 Å². The Kier molecular flexibility index (Phi) is 6.72. The molecule has 0 aliphatic carbocycles. The number of fused-ring (bicyclic) bond motifs is 1. The highest BCUT2D eigenvalue weighted by Crippen LogP contribution is 2.24. The lowest BCUT2D eigenvalue weighted by Crippen LogP contribution is -2.43. The second-order valence-corrected chi connectivity index (χ2v) is 5.20. The van der Waals surface area contributed by atoms with Crippen LogP contribution in [-0.4, -0.2) is 15.8 Å². The van der Waals surface area contributed by atoms with Gasteiger partial charge in [-0.25, -0.2) is 0 Å². The summed E-state index contributed by atoms with van der Waals surface area (Å²) in [5, 5.41) is 2.89. The highest BCUT2D eigenvalue weighted by Gasteiger charge is 2.30. The molecule has 0 radical (unpaired) electrons. The van der Waals surface area contributed by atoms with Gasteiger partial charge in [-0.3, -0.25) is 23.7 Å². The molecule has 2 heterocycles. The van der Waals surface area contributed by atoms with Gasteiger partial charge in [0.15, 0.2) is 0 Å². The van der Waals surface area contributed by atoms with Crippen LogP contribution in [0.3, 0.4) is 0 Å². The second kappa shape index (κ2) is 8.29. The van der Waals surface area contributed by atoms with Crippen molar-refractivity contribution in [3.8, 4) is 0 Å². The van der Waals surface area contributed by atoms with E-state index < -0.39 is 6.04 Å². The van der Waals surface area contributed by atoms with Crippen LogP contribution in [0.4, 0.5) is 0 Å². The zero-order valence-corrected chi connectivity index (χ0v) is 13.6. The maximum absolute atomic E-state index is 12.2. The van der Waals surface area contributed by atoms with Crippen LogP contribution in [0.5, 0.6) is 0 Å². The van der Waals surface area contributed by atoms with Crippen molar-refractivity contribution in [2.24, 2.45) is 0 Å². The van der Waals surface area contributed by atoms with Crippen LogP contribution in [0.1, 0.15) is 32.7 Å². The fraction of sp³-hybridized carbons (Fsp3) is 0.312. The minimum Gasteiger partial charge on any atom is -0.295 e. The van der Waals surface area contributed by atoms with Crippen LogP contribution in [0, 0.1) is 0 Å². The molecule has 0 bridgehead atoms. The molecule has 2 amide bonds. The molecule has 22 heavy (non-hydrogen) atoms. The predicted molar refractivity (Wildman–Crippen MR) is 90.1 cm³/mol. The second-order valence-electron chi connectivity index (χ2n) is 4.19. The summed E-state index contributed by atoms with van der Waals surface area (Å²) >= 11 is 1.27. The normalized spacial score (nSPS) is 16.9. The predicted octanol–water partition coefficient (Wildman–Crippen LogP) is 2.87. The Bertz CT molecular complexity index is 717. The largest absolute Gasteiger partial charge is 0.295 e. The van der Waals surface area contributed by atoms with Crippen molar-refractivity contribution in [3.05, 3.63) is 47.8 Å². The van der Waals surface area contributed by atoms with Gasteiger partial charge < -0.3 is 0 Å². The van der Waals surface area contributed by atoms with Gasteiger partial charge in [-0.15, -0.1) is 13.2 Å². The van der Waals surface area contributed by atoms with Crippen LogP contribution >= 0.6 is 11.5 Å².